The van der Waals surface area contributed by atoms with Crippen LogP contribution in [0.25, 0.3) is 0 Å². The van der Waals surface area contributed by atoms with E-state index in [9.17, 15) is 4.79 Å². The Morgan fingerprint density at radius 3 is 2.47 bits per heavy atom. The minimum atomic E-state index is -0.285. The summed E-state index contributed by atoms with van der Waals surface area (Å²) in [4.78, 5) is 11.5. The van der Waals surface area contributed by atoms with Crippen LogP contribution in [-0.2, 0) is 9.53 Å². The third-order valence-corrected chi connectivity index (χ3v) is 2.33. The van der Waals surface area contributed by atoms with E-state index < -0.39 is 0 Å². The van der Waals surface area contributed by atoms with E-state index in [4.69, 9.17) is 9.47 Å². The highest BCUT2D eigenvalue weighted by molar-refractivity contribution is 5.96. The van der Waals surface area contributed by atoms with Gasteiger partial charge in [-0.05, 0) is 31.2 Å². The van der Waals surface area contributed by atoms with Crippen LogP contribution in [-0.4, -0.2) is 25.2 Å². The summed E-state index contributed by atoms with van der Waals surface area (Å²) < 4.78 is 10.1. The zero-order chi connectivity index (χ0) is 10.8. The first kappa shape index (κ1) is 9.98. The van der Waals surface area contributed by atoms with E-state index in [0.717, 1.165) is 11.4 Å². The summed E-state index contributed by atoms with van der Waals surface area (Å²) in [6, 6.07) is 7.19. The normalized spacial score (nSPS) is 23.3. The number of benzene rings is 1. The summed E-state index contributed by atoms with van der Waals surface area (Å²) in [6.07, 6.45) is -0.240. The molecule has 1 aliphatic heterocycles. The van der Waals surface area contributed by atoms with Crippen LogP contribution in [0.15, 0.2) is 24.3 Å². The third-order valence-electron chi connectivity index (χ3n) is 2.33. The van der Waals surface area contributed by atoms with E-state index >= 15 is 0 Å². The zero-order valence-corrected chi connectivity index (χ0v) is 8.69. The molecule has 1 saturated heterocycles. The number of ether oxygens (including phenoxy) is 2. The molecule has 2 unspecified atom stereocenters. The van der Waals surface area contributed by atoms with Gasteiger partial charge < -0.3 is 14.8 Å². The predicted octanol–water partition coefficient (Wildman–Crippen LogP) is 1.42. The van der Waals surface area contributed by atoms with Crippen molar-refractivity contribution in [1.82, 2.24) is 0 Å². The predicted molar refractivity (Wildman–Crippen MR) is 56.0 cm³/mol. The fraction of sp³-hybridized carbons (Fsp3) is 0.364. The van der Waals surface area contributed by atoms with Crippen LogP contribution < -0.4 is 10.1 Å². The van der Waals surface area contributed by atoms with Crippen molar-refractivity contribution in [3.63, 3.8) is 0 Å². The molecule has 4 nitrogen and oxygen atoms in total. The maximum Gasteiger partial charge on any atom is 0.256 e. The second-order valence-electron chi connectivity index (χ2n) is 3.48. The SMILES string of the molecule is COc1ccc(NC(=O)C2OC2C)cc1. The van der Waals surface area contributed by atoms with Crippen LogP contribution >= 0.6 is 0 Å². The van der Waals surface area contributed by atoms with Gasteiger partial charge in [-0.2, -0.15) is 0 Å². The van der Waals surface area contributed by atoms with Gasteiger partial charge in [-0.15, -0.1) is 0 Å². The summed E-state index contributed by atoms with van der Waals surface area (Å²) in [5.41, 5.74) is 0.753. The molecule has 4 heteroatoms. The van der Waals surface area contributed by atoms with Crippen LogP contribution in [0.4, 0.5) is 5.69 Å². The number of nitrogens with one attached hydrogen (secondary N) is 1. The van der Waals surface area contributed by atoms with Crippen LogP contribution in [0, 0.1) is 0 Å². The molecule has 0 aromatic heterocycles. The Kier molecular flexibility index (Phi) is 2.60. The summed E-state index contributed by atoms with van der Waals surface area (Å²) in [6.45, 7) is 1.87. The molecule has 0 radical (unpaired) electrons. The highest BCUT2D eigenvalue weighted by Crippen LogP contribution is 2.23. The molecule has 1 amide bonds. The van der Waals surface area contributed by atoms with Crippen molar-refractivity contribution < 1.29 is 14.3 Å². The number of rotatable bonds is 3. The summed E-state index contributed by atoms with van der Waals surface area (Å²) in [7, 11) is 1.60. The topological polar surface area (TPSA) is 50.9 Å². The lowest BCUT2D eigenvalue weighted by Crippen LogP contribution is -2.19. The average molecular weight is 207 g/mol. The Hall–Kier alpha value is -1.55. The van der Waals surface area contributed by atoms with Crippen molar-refractivity contribution >= 4 is 11.6 Å². The van der Waals surface area contributed by atoms with Gasteiger partial charge in [0.2, 0.25) is 0 Å². The molecule has 1 aromatic carbocycles. The quantitative estimate of drug-likeness (QED) is 0.762. The fourth-order valence-electron chi connectivity index (χ4n) is 1.35. The molecule has 1 N–H and O–H groups in total. The number of hydrogen-bond acceptors (Lipinski definition) is 3. The second-order valence-corrected chi connectivity index (χ2v) is 3.48. The number of anilines is 1. The van der Waals surface area contributed by atoms with Gasteiger partial charge in [-0.1, -0.05) is 0 Å². The van der Waals surface area contributed by atoms with Crippen molar-refractivity contribution in [3.05, 3.63) is 24.3 Å². The first-order valence-electron chi connectivity index (χ1n) is 4.81. The number of carbonyl (C=O) groups is 1. The first-order chi connectivity index (χ1) is 7.20. The van der Waals surface area contributed by atoms with E-state index in [0.29, 0.717) is 0 Å². The minimum Gasteiger partial charge on any atom is -0.497 e. The van der Waals surface area contributed by atoms with Gasteiger partial charge in [0.05, 0.1) is 13.2 Å². The molecule has 15 heavy (non-hydrogen) atoms. The van der Waals surface area contributed by atoms with Gasteiger partial charge in [0.15, 0.2) is 6.10 Å². The van der Waals surface area contributed by atoms with Gasteiger partial charge in [0.25, 0.3) is 5.91 Å². The van der Waals surface area contributed by atoms with Crippen molar-refractivity contribution in [1.29, 1.82) is 0 Å². The molecule has 2 atom stereocenters. The average Bonchev–Trinajstić information content (AvgIpc) is 2.97. The lowest BCUT2D eigenvalue weighted by molar-refractivity contribution is -0.117. The summed E-state index contributed by atoms with van der Waals surface area (Å²) >= 11 is 0. The summed E-state index contributed by atoms with van der Waals surface area (Å²) in [5.74, 6) is 0.678. The molecule has 1 aromatic rings. The lowest BCUT2D eigenvalue weighted by Gasteiger charge is -2.04. The number of carbonyl (C=O) groups excluding carboxylic acids is 1. The molecular weight excluding hydrogens is 194 g/mol. The van der Waals surface area contributed by atoms with Crippen molar-refractivity contribution in [2.24, 2.45) is 0 Å². The molecule has 0 aliphatic carbocycles. The smallest absolute Gasteiger partial charge is 0.256 e. The van der Waals surface area contributed by atoms with E-state index in [2.05, 4.69) is 5.32 Å². The van der Waals surface area contributed by atoms with Crippen LogP contribution in [0.2, 0.25) is 0 Å². The second kappa shape index (κ2) is 3.90. The van der Waals surface area contributed by atoms with E-state index in [1.165, 1.54) is 0 Å². The van der Waals surface area contributed by atoms with Gasteiger partial charge in [-0.25, -0.2) is 0 Å². The van der Waals surface area contributed by atoms with E-state index in [-0.39, 0.29) is 18.1 Å². The Morgan fingerprint density at radius 1 is 1.40 bits per heavy atom. The number of epoxide rings is 1. The molecule has 1 heterocycles. The lowest BCUT2D eigenvalue weighted by atomic mass is 10.2. The van der Waals surface area contributed by atoms with E-state index in [1.54, 1.807) is 31.4 Å². The standard InChI is InChI=1S/C11H13NO3/c1-7-10(15-7)11(13)12-8-3-5-9(14-2)6-4-8/h3-7,10H,1-2H3,(H,12,13). The maximum atomic E-state index is 11.5. The number of amides is 1. The highest BCUT2D eigenvalue weighted by atomic mass is 16.6. The number of methoxy groups -OCH3 is 1. The van der Waals surface area contributed by atoms with Crippen molar-refractivity contribution in [3.8, 4) is 5.75 Å². The van der Waals surface area contributed by atoms with E-state index in [1.807, 2.05) is 6.92 Å². The molecule has 0 saturated carbocycles. The van der Waals surface area contributed by atoms with Crippen LogP contribution in [0.3, 0.4) is 0 Å². The van der Waals surface area contributed by atoms with Gasteiger partial charge >= 0.3 is 0 Å². The third kappa shape index (κ3) is 2.27. The number of hydrogen-bond donors (Lipinski definition) is 1. The Bertz CT molecular complexity index is 361. The fourth-order valence-corrected chi connectivity index (χ4v) is 1.35. The Labute approximate surface area is 88.2 Å². The van der Waals surface area contributed by atoms with Crippen molar-refractivity contribution in [2.75, 3.05) is 12.4 Å². The Balaban J connectivity index is 1.95. The largest absolute Gasteiger partial charge is 0.497 e. The highest BCUT2D eigenvalue weighted by Gasteiger charge is 2.41. The molecule has 0 spiro atoms. The van der Waals surface area contributed by atoms with Crippen LogP contribution in [0.1, 0.15) is 6.92 Å². The molecular formula is C11H13NO3. The molecule has 1 aliphatic rings. The van der Waals surface area contributed by atoms with Gasteiger partial charge in [0.1, 0.15) is 5.75 Å². The molecule has 1 fully saturated rings. The Morgan fingerprint density at radius 2 is 2.00 bits per heavy atom. The zero-order valence-electron chi connectivity index (χ0n) is 8.69. The minimum absolute atomic E-state index is 0.0447. The van der Waals surface area contributed by atoms with Gasteiger partial charge in [0, 0.05) is 5.69 Å². The monoisotopic (exact) mass is 207 g/mol. The molecule has 0 bridgehead atoms. The maximum absolute atomic E-state index is 11.5. The van der Waals surface area contributed by atoms with Crippen LogP contribution in [0.5, 0.6) is 5.75 Å². The first-order valence-corrected chi connectivity index (χ1v) is 4.81. The molecule has 2 rings (SSSR count). The molecule has 80 valence electrons. The van der Waals surface area contributed by atoms with Crippen molar-refractivity contribution in [2.45, 2.75) is 19.1 Å². The van der Waals surface area contributed by atoms with Gasteiger partial charge in [-0.3, -0.25) is 4.79 Å². The summed E-state index contributed by atoms with van der Waals surface area (Å²) in [5, 5.41) is 2.77.